The van der Waals surface area contributed by atoms with E-state index in [1.54, 1.807) is 56.1 Å². The van der Waals surface area contributed by atoms with Gasteiger partial charge in [-0.3, -0.25) is 72.1 Å². The molecule has 2 aromatic carbocycles. The number of benzene rings is 2. The number of fused-ring (bicyclic) bond motifs is 4. The standard InChI is InChI=1S/C71H105N17O19S2/c1-6-40(2)60-69(103)85-52(33-44-35-77-47-17-10-9-16-46(44)47)66(100)81-49(18-13-21-56(72)89)63(97)82-50(22-23-58(91)92)64(98)86-54(61(73)95)39-109-38-43-30-42(37-108-5)31-45(32-43)106-27-11-7-8-12-28-107-78-36-57(90)80-48(19-14-25-76-71(74)75)62(96)79-41(3)70(104)88-26-15-20-55(88)68(102)83-51(24-29-105-4)65(99)84-53(34-59(93)94)67(101)87-60/h9-10,16-17,30-32,35-36,40-41,48-55,60,77H,6-8,11-15,18-29,33-34,37-39H2,1-5H3,(H2,72,89)(H2,73,95)(H,79,96)(H,80,90)(H,81,100)(H,82,97)(H,83,102)(H,84,99)(H,85,103)(H,86,98)(H,87,101)(H,91,92)(H,93,94)(H4,74,75,76)/t40-,41-,48-,49-,50-,51-,52-,53-,54-,55-,60-/m0/s1. The number of nitrogens with two attached hydrogens (primary N) is 4. The van der Waals surface area contributed by atoms with Crippen molar-refractivity contribution in [2.24, 2.45) is 39.0 Å². The number of thioether (sulfide) groups is 2. The van der Waals surface area contributed by atoms with Crippen LogP contribution in [-0.2, 0) is 94.6 Å². The number of nitrogens with one attached hydrogen (secondary N) is 10. The maximum absolute atomic E-state index is 15.0. The van der Waals surface area contributed by atoms with Crippen molar-refractivity contribution >= 4 is 129 Å². The van der Waals surface area contributed by atoms with Crippen LogP contribution in [0, 0.1) is 5.92 Å². The van der Waals surface area contributed by atoms with Crippen LogP contribution in [-0.4, -0.2) is 228 Å². The summed E-state index contributed by atoms with van der Waals surface area (Å²) in [6.45, 7) is 5.09. The molecule has 109 heavy (non-hydrogen) atoms. The number of hydrogen-bond acceptors (Lipinski definition) is 21. The first-order valence-corrected chi connectivity index (χ1v) is 38.7. The molecule has 0 saturated carbocycles. The molecular weight excluding hydrogens is 1460 g/mol. The van der Waals surface area contributed by atoms with Gasteiger partial charge in [0.15, 0.2) is 5.96 Å². The highest BCUT2D eigenvalue weighted by molar-refractivity contribution is 7.98. The number of methoxy groups -OCH3 is 1. The molecule has 1 fully saturated rings. The lowest BCUT2D eigenvalue weighted by Crippen LogP contribution is -2.61. The Balaban J connectivity index is 1.51. The van der Waals surface area contributed by atoms with Gasteiger partial charge in [-0.2, -0.15) is 23.5 Å². The molecule has 2 aliphatic heterocycles. The van der Waals surface area contributed by atoms with E-state index in [0.29, 0.717) is 66.0 Å². The Morgan fingerprint density at radius 1 is 0.706 bits per heavy atom. The molecule has 5 rings (SSSR count). The average molecular weight is 1560 g/mol. The number of rotatable bonds is 23. The highest BCUT2D eigenvalue weighted by Crippen LogP contribution is 2.26. The molecule has 0 spiro atoms. The molecule has 1 saturated heterocycles. The van der Waals surface area contributed by atoms with Crippen molar-refractivity contribution in [2.75, 3.05) is 52.0 Å². The SMILES string of the molecule is CC[C@H](C)[C@@H]1NC(=O)[C@H](CC(=O)O)NC(=O)[C@H](CCOC)NC(=O)[C@@H]2CCCN2C(=O)[C@H](C)NC(=O)[C@H](CCCN=C(N)N)NC(=O)C=NOCCCCCCOc2cc(CSC)cc(c2)CSC[C@@H](C(N)=O)NC(=O)[C@H](CCC(=O)O)NC(=O)[C@H](CCCC(N)=O)NC(=O)[C@H](Cc2c[nH]c3ccccc23)NC1=O. The van der Waals surface area contributed by atoms with Gasteiger partial charge >= 0.3 is 11.9 Å². The van der Waals surface area contributed by atoms with Gasteiger partial charge in [-0.25, -0.2) is 0 Å². The molecule has 12 amide bonds. The van der Waals surface area contributed by atoms with E-state index in [0.717, 1.165) is 23.8 Å². The second-order valence-electron chi connectivity index (χ2n) is 26.6. The van der Waals surface area contributed by atoms with E-state index in [4.69, 9.17) is 37.2 Å². The highest BCUT2D eigenvalue weighted by Gasteiger charge is 2.41. The van der Waals surface area contributed by atoms with Crippen LogP contribution in [0.4, 0.5) is 0 Å². The highest BCUT2D eigenvalue weighted by atomic mass is 32.2. The minimum absolute atomic E-state index is 0.00217. The monoisotopic (exact) mass is 1560 g/mol. The Labute approximate surface area is 639 Å². The van der Waals surface area contributed by atoms with Gasteiger partial charge in [0.25, 0.3) is 5.91 Å². The quantitative estimate of drug-likeness (QED) is 0.0322. The summed E-state index contributed by atoms with van der Waals surface area (Å²) >= 11 is 2.82. The number of carbonyl (C=O) groups is 14. The molecule has 38 heteroatoms. The van der Waals surface area contributed by atoms with Crippen LogP contribution in [0.1, 0.15) is 140 Å². The third-order valence-electron chi connectivity index (χ3n) is 17.9. The van der Waals surface area contributed by atoms with Crippen LogP contribution >= 0.6 is 23.5 Å². The number of carboxylic acids is 2. The largest absolute Gasteiger partial charge is 0.494 e. The number of hydrogen-bond donors (Lipinski definition) is 16. The first kappa shape index (κ1) is 89.4. The van der Waals surface area contributed by atoms with Gasteiger partial charge in [0.1, 0.15) is 79.0 Å². The van der Waals surface area contributed by atoms with Crippen LogP contribution in [0.15, 0.2) is 58.8 Å². The minimum atomic E-state index is -1.94. The molecule has 2 aliphatic rings. The molecule has 2 bridgehead atoms. The van der Waals surface area contributed by atoms with E-state index in [1.165, 1.54) is 30.7 Å². The Hall–Kier alpha value is -10.2. The third-order valence-corrected chi connectivity index (χ3v) is 19.7. The lowest BCUT2D eigenvalue weighted by Gasteiger charge is -2.30. The summed E-state index contributed by atoms with van der Waals surface area (Å²) < 4.78 is 11.4. The zero-order valence-electron chi connectivity index (χ0n) is 62.0. The molecule has 0 radical (unpaired) electrons. The van der Waals surface area contributed by atoms with Gasteiger partial charge in [-0.15, -0.1) is 0 Å². The molecule has 3 aromatic rings. The molecule has 600 valence electrons. The zero-order chi connectivity index (χ0) is 80.1. The number of aromatic amines is 1. The topological polar surface area (TPSA) is 563 Å². The molecule has 1 aromatic heterocycles. The lowest BCUT2D eigenvalue weighted by molar-refractivity contribution is -0.143. The number of H-pyrrole nitrogens is 1. The van der Waals surface area contributed by atoms with E-state index in [1.807, 2.05) is 24.5 Å². The van der Waals surface area contributed by atoms with Crippen LogP contribution in [0.3, 0.4) is 0 Å². The summed E-state index contributed by atoms with van der Waals surface area (Å²) in [5, 5.41) is 47.4. The van der Waals surface area contributed by atoms with Gasteiger partial charge in [-0.05, 0) is 131 Å². The smallest absolute Gasteiger partial charge is 0.305 e. The molecule has 11 atom stereocenters. The number of para-hydroxylation sites is 1. The van der Waals surface area contributed by atoms with Crippen LogP contribution in [0.5, 0.6) is 5.75 Å². The molecular formula is C71H105N17O19S2. The molecule has 20 N–H and O–H groups in total. The summed E-state index contributed by atoms with van der Waals surface area (Å²) in [6.07, 6.45) is 4.34. The molecule has 0 unspecified atom stereocenters. The summed E-state index contributed by atoms with van der Waals surface area (Å²) in [7, 11) is 1.31. The Morgan fingerprint density at radius 3 is 2.00 bits per heavy atom. The van der Waals surface area contributed by atoms with E-state index in [9.17, 15) is 72.5 Å². The van der Waals surface area contributed by atoms with Crippen molar-refractivity contribution in [3.8, 4) is 5.75 Å². The van der Waals surface area contributed by atoms with Gasteiger partial charge in [0, 0.05) is 80.4 Å². The Bertz CT molecular complexity index is 3690. The fraction of sp³-hybridized carbons (Fsp3) is 0.577. The number of amides is 12. The third kappa shape index (κ3) is 31.1. The van der Waals surface area contributed by atoms with Crippen LogP contribution in [0.25, 0.3) is 10.9 Å². The van der Waals surface area contributed by atoms with Crippen molar-refractivity contribution in [1.82, 2.24) is 57.7 Å². The summed E-state index contributed by atoms with van der Waals surface area (Å²) in [5.74, 6) is -13.6. The summed E-state index contributed by atoms with van der Waals surface area (Å²) in [6, 6.07) is -2.38. The second-order valence-corrected chi connectivity index (χ2v) is 28.5. The van der Waals surface area contributed by atoms with Gasteiger partial charge in [-0.1, -0.05) is 49.7 Å². The Kier molecular flexibility index (Phi) is 38.4. The molecule has 36 nitrogen and oxygen atoms in total. The molecule has 0 aliphatic carbocycles. The van der Waals surface area contributed by atoms with Crippen molar-refractivity contribution in [1.29, 1.82) is 0 Å². The van der Waals surface area contributed by atoms with Crippen LogP contribution < -0.4 is 75.5 Å². The molecule has 3 heterocycles. The Morgan fingerprint density at radius 2 is 1.33 bits per heavy atom. The number of carbonyl (C=O) groups excluding carboxylic acids is 12. The number of oxime groups is 1. The number of carboxylic acid groups (broad SMARTS) is 2. The van der Waals surface area contributed by atoms with Crippen molar-refractivity contribution in [3.05, 3.63) is 65.4 Å². The second kappa shape index (κ2) is 46.9. The zero-order valence-corrected chi connectivity index (χ0v) is 63.7. The fourth-order valence-electron chi connectivity index (χ4n) is 12.0. The maximum atomic E-state index is 15.0. The van der Waals surface area contributed by atoms with Crippen molar-refractivity contribution in [2.45, 2.75) is 202 Å². The number of guanidine groups is 1. The van der Waals surface area contributed by atoms with Crippen LogP contribution in [0.2, 0.25) is 0 Å². The lowest BCUT2D eigenvalue weighted by atomic mass is 9.96. The number of primary amides is 2. The minimum Gasteiger partial charge on any atom is -0.494 e. The first-order valence-electron chi connectivity index (χ1n) is 36.1. The predicted octanol–water partition coefficient (Wildman–Crippen LogP) is -0.547. The number of nitrogens with zero attached hydrogens (tertiary/aromatic N) is 3. The number of aromatic nitrogens is 1. The van der Waals surface area contributed by atoms with Gasteiger partial charge < -0.3 is 105 Å². The number of ether oxygens (including phenoxy) is 2. The number of aliphatic imine (C=N–C) groups is 1. The van der Waals surface area contributed by atoms with E-state index >= 15 is 4.79 Å². The van der Waals surface area contributed by atoms with Gasteiger partial charge in [0.2, 0.25) is 65.0 Å². The van der Waals surface area contributed by atoms with E-state index in [2.05, 4.69) is 63.0 Å². The van der Waals surface area contributed by atoms with E-state index < -0.39 is 168 Å². The first-order chi connectivity index (χ1) is 52.0. The summed E-state index contributed by atoms with van der Waals surface area (Å²) in [4.78, 5) is 207. The summed E-state index contributed by atoms with van der Waals surface area (Å²) in [5.41, 5.74) is 25.2. The van der Waals surface area contributed by atoms with Crippen molar-refractivity contribution < 1.29 is 91.6 Å². The normalized spacial score (nSPS) is 23.4. The van der Waals surface area contributed by atoms with Crippen molar-refractivity contribution in [3.63, 3.8) is 0 Å². The average Bonchev–Trinajstić information content (AvgIpc) is 1.73. The fourth-order valence-corrected chi connectivity index (χ4v) is 13.5. The van der Waals surface area contributed by atoms with E-state index in [-0.39, 0.29) is 95.8 Å². The number of aliphatic carboxylic acids is 2. The van der Waals surface area contributed by atoms with Gasteiger partial charge in [0.05, 0.1) is 13.0 Å². The predicted molar refractivity (Wildman–Crippen MR) is 405 cm³/mol. The maximum Gasteiger partial charge on any atom is 0.305 e.